The molecule has 0 saturated carbocycles. The van der Waals surface area contributed by atoms with Crippen LogP contribution in [0.25, 0.3) is 0 Å². The molecule has 0 radical (unpaired) electrons. The maximum absolute atomic E-state index is 12.6. The Morgan fingerprint density at radius 1 is 0.920 bits per heavy atom. The van der Waals surface area contributed by atoms with E-state index in [0.717, 1.165) is 6.16 Å². The van der Waals surface area contributed by atoms with Gasteiger partial charge >= 0.3 is 0 Å². The van der Waals surface area contributed by atoms with Crippen molar-refractivity contribution in [2.75, 3.05) is 6.16 Å². The maximum Gasteiger partial charge on any atom is 0.0972 e. The summed E-state index contributed by atoms with van der Waals surface area (Å²) < 4.78 is 15.8. The van der Waals surface area contributed by atoms with Gasteiger partial charge < -0.3 is 0 Å². The van der Waals surface area contributed by atoms with E-state index in [4.69, 9.17) is 0 Å². The van der Waals surface area contributed by atoms with Gasteiger partial charge in [-0.25, -0.2) is 8.93 Å². The molecular weight excluding hydrogens is 345 g/mol. The first kappa shape index (κ1) is 20.3. The van der Waals surface area contributed by atoms with Gasteiger partial charge in [0.15, 0.2) is 0 Å². The van der Waals surface area contributed by atoms with Gasteiger partial charge in [-0.2, -0.15) is 0 Å². The lowest BCUT2D eigenvalue weighted by Crippen LogP contribution is -2.44. The molecule has 2 atom stereocenters. The van der Waals surface area contributed by atoms with Crippen LogP contribution in [0.5, 0.6) is 0 Å². The normalized spacial score (nSPS) is 14.7. The van der Waals surface area contributed by atoms with Gasteiger partial charge in [0, 0.05) is 6.04 Å². The van der Waals surface area contributed by atoms with E-state index in [2.05, 4.69) is 79.2 Å². The average Bonchev–Trinajstić information content (AvgIpc) is 2.58. The molecule has 0 spiro atoms. The van der Waals surface area contributed by atoms with Crippen LogP contribution in [0.3, 0.4) is 0 Å². The molecule has 2 nitrogen and oxygen atoms in total. The van der Waals surface area contributed by atoms with Crippen molar-refractivity contribution >= 4 is 29.5 Å². The van der Waals surface area contributed by atoms with Crippen LogP contribution in [0.15, 0.2) is 60.7 Å². The number of rotatable bonds is 7. The second-order valence-corrected chi connectivity index (χ2v) is 11.9. The van der Waals surface area contributed by atoms with E-state index in [-0.39, 0.29) is 10.8 Å². The fourth-order valence-corrected chi connectivity index (χ4v) is 6.27. The highest BCUT2D eigenvalue weighted by Gasteiger charge is 2.27. The van der Waals surface area contributed by atoms with E-state index in [9.17, 15) is 4.21 Å². The van der Waals surface area contributed by atoms with Gasteiger partial charge in [-0.05, 0) is 51.4 Å². The van der Waals surface area contributed by atoms with Crippen molar-refractivity contribution in [3.8, 4) is 0 Å². The minimum atomic E-state index is -1.06. The van der Waals surface area contributed by atoms with Gasteiger partial charge in [0.2, 0.25) is 0 Å². The summed E-state index contributed by atoms with van der Waals surface area (Å²) in [5, 5.41) is 2.75. The largest absolute Gasteiger partial charge is 0.242 e. The number of nitrogens with one attached hydrogen (secondary N) is 1. The molecule has 0 amide bonds. The van der Waals surface area contributed by atoms with Crippen LogP contribution < -0.4 is 15.3 Å². The zero-order chi connectivity index (χ0) is 18.4. The third-order valence-electron chi connectivity index (χ3n) is 4.13. The van der Waals surface area contributed by atoms with Crippen LogP contribution in [-0.4, -0.2) is 21.2 Å². The Balaban J connectivity index is 2.29. The first-order valence-electron chi connectivity index (χ1n) is 8.84. The van der Waals surface area contributed by atoms with Gasteiger partial charge in [-0.15, -0.1) is 0 Å². The monoisotopic (exact) mass is 375 g/mol. The summed E-state index contributed by atoms with van der Waals surface area (Å²) in [6.45, 7) is 10.5. The molecule has 0 aromatic heterocycles. The minimum Gasteiger partial charge on any atom is -0.242 e. The molecule has 136 valence electrons. The third kappa shape index (κ3) is 6.02. The van der Waals surface area contributed by atoms with Crippen molar-refractivity contribution in [2.24, 2.45) is 5.92 Å². The molecule has 0 bridgehead atoms. The molecule has 1 N–H and O–H groups in total. The summed E-state index contributed by atoms with van der Waals surface area (Å²) in [4.78, 5) is 0. The van der Waals surface area contributed by atoms with Gasteiger partial charge in [-0.1, -0.05) is 74.5 Å². The fourth-order valence-electron chi connectivity index (χ4n) is 2.47. The Labute approximate surface area is 156 Å². The molecule has 0 fully saturated rings. The highest BCUT2D eigenvalue weighted by atomic mass is 32.2. The van der Waals surface area contributed by atoms with E-state index in [0.29, 0.717) is 5.92 Å². The quantitative estimate of drug-likeness (QED) is 0.722. The van der Waals surface area contributed by atoms with Crippen LogP contribution >= 0.6 is 7.92 Å². The van der Waals surface area contributed by atoms with Crippen molar-refractivity contribution in [3.05, 3.63) is 60.7 Å². The summed E-state index contributed by atoms with van der Waals surface area (Å²) in [7, 11) is -1.54. The second kappa shape index (κ2) is 9.07. The van der Waals surface area contributed by atoms with E-state index >= 15 is 0 Å². The van der Waals surface area contributed by atoms with Crippen LogP contribution in [0, 0.1) is 5.92 Å². The van der Waals surface area contributed by atoms with Crippen molar-refractivity contribution < 1.29 is 4.21 Å². The minimum absolute atomic E-state index is 0.214. The standard InChI is InChI=1S/C21H30NOPS/c1-17(2)20(22-25(23)21(3,4)5)16-24(18-12-8-6-9-13-18)19-14-10-7-11-15-19/h6-15,17,20,22H,16H2,1-5H3/t20-,25-/m1/s1. The zero-order valence-electron chi connectivity index (χ0n) is 15.9. The lowest BCUT2D eigenvalue weighted by Gasteiger charge is -2.30. The first-order valence-corrected chi connectivity index (χ1v) is 11.5. The molecule has 0 heterocycles. The first-order chi connectivity index (χ1) is 11.8. The topological polar surface area (TPSA) is 29.1 Å². The van der Waals surface area contributed by atoms with E-state index in [1.54, 1.807) is 0 Å². The van der Waals surface area contributed by atoms with E-state index in [1.165, 1.54) is 10.6 Å². The van der Waals surface area contributed by atoms with Gasteiger partial charge in [0.05, 0.1) is 15.7 Å². The highest BCUT2D eigenvalue weighted by Crippen LogP contribution is 2.35. The van der Waals surface area contributed by atoms with Crippen molar-refractivity contribution in [3.63, 3.8) is 0 Å². The molecule has 2 aromatic rings. The van der Waals surface area contributed by atoms with E-state index < -0.39 is 18.9 Å². The van der Waals surface area contributed by atoms with Crippen LogP contribution in [0.4, 0.5) is 0 Å². The predicted molar refractivity (Wildman–Crippen MR) is 114 cm³/mol. The summed E-state index contributed by atoms with van der Waals surface area (Å²) in [6.07, 6.45) is 0.989. The molecular formula is C21H30NOPS. The Morgan fingerprint density at radius 2 is 1.36 bits per heavy atom. The molecule has 4 heteroatoms. The molecule has 0 unspecified atom stereocenters. The summed E-state index contributed by atoms with van der Waals surface area (Å²) in [5.74, 6) is 0.420. The van der Waals surface area contributed by atoms with Crippen LogP contribution in [-0.2, 0) is 11.0 Å². The number of hydrogen-bond donors (Lipinski definition) is 1. The lowest BCUT2D eigenvalue weighted by molar-refractivity contribution is 0.492. The highest BCUT2D eigenvalue weighted by molar-refractivity contribution is 7.84. The van der Waals surface area contributed by atoms with Crippen LogP contribution in [0.1, 0.15) is 34.6 Å². The Bertz CT molecular complexity index is 628. The Hall–Kier alpha value is -1.02. The maximum atomic E-state index is 12.6. The summed E-state index contributed by atoms with van der Waals surface area (Å²) in [5.41, 5.74) is 0. The van der Waals surface area contributed by atoms with Crippen molar-refractivity contribution in [2.45, 2.75) is 45.4 Å². The smallest absolute Gasteiger partial charge is 0.0972 e. The second-order valence-electron chi connectivity index (χ2n) is 7.63. The van der Waals surface area contributed by atoms with E-state index in [1.807, 2.05) is 20.8 Å². The predicted octanol–water partition coefficient (Wildman–Crippen LogP) is 4.20. The molecule has 2 rings (SSSR count). The molecule has 2 aromatic carbocycles. The molecule has 0 aliphatic rings. The van der Waals surface area contributed by atoms with Gasteiger partial charge in [-0.3, -0.25) is 0 Å². The Morgan fingerprint density at radius 3 is 1.72 bits per heavy atom. The van der Waals surface area contributed by atoms with Crippen molar-refractivity contribution in [1.29, 1.82) is 0 Å². The molecule has 0 aliphatic carbocycles. The van der Waals surface area contributed by atoms with Crippen molar-refractivity contribution in [1.82, 2.24) is 4.72 Å². The zero-order valence-corrected chi connectivity index (χ0v) is 17.6. The number of hydrogen-bond acceptors (Lipinski definition) is 1. The third-order valence-corrected chi connectivity index (χ3v) is 8.37. The van der Waals surface area contributed by atoms with Gasteiger partial charge in [0.1, 0.15) is 0 Å². The Kier molecular flexibility index (Phi) is 7.37. The summed E-state index contributed by atoms with van der Waals surface area (Å²) >= 11 is 0. The average molecular weight is 376 g/mol. The van der Waals surface area contributed by atoms with Gasteiger partial charge in [0.25, 0.3) is 0 Å². The number of benzene rings is 2. The molecule has 25 heavy (non-hydrogen) atoms. The fraction of sp³-hybridized carbons (Fsp3) is 0.429. The molecule has 0 aliphatic heterocycles. The molecule has 0 saturated heterocycles. The van der Waals surface area contributed by atoms with Crippen LogP contribution in [0.2, 0.25) is 0 Å². The lowest BCUT2D eigenvalue weighted by atomic mass is 10.1. The summed E-state index contributed by atoms with van der Waals surface area (Å²) in [6, 6.07) is 21.7. The SMILES string of the molecule is CC(C)[C@@H](CP(c1ccccc1)c1ccccc1)N[S@](=O)C(C)(C)C.